The zero-order valence-corrected chi connectivity index (χ0v) is 15.5. The fourth-order valence-corrected chi connectivity index (χ4v) is 3.46. The van der Waals surface area contributed by atoms with Gasteiger partial charge in [0.2, 0.25) is 0 Å². The molecule has 4 rings (SSSR count). The van der Waals surface area contributed by atoms with Crippen molar-refractivity contribution in [1.82, 2.24) is 19.9 Å². The van der Waals surface area contributed by atoms with Gasteiger partial charge in [-0.1, -0.05) is 6.07 Å². The van der Waals surface area contributed by atoms with Gasteiger partial charge in [0.15, 0.2) is 0 Å². The molecule has 0 aromatic carbocycles. The number of pyridine rings is 1. The molecule has 2 aliphatic rings. The maximum absolute atomic E-state index is 13.0. The minimum Gasteiger partial charge on any atom is -0.378 e. The van der Waals surface area contributed by atoms with Gasteiger partial charge in [0, 0.05) is 51.5 Å². The van der Waals surface area contributed by atoms with Crippen LogP contribution >= 0.6 is 0 Å². The molecule has 0 bridgehead atoms. The van der Waals surface area contributed by atoms with Crippen LogP contribution in [0.5, 0.6) is 0 Å². The van der Waals surface area contributed by atoms with Crippen LogP contribution in [0.25, 0.3) is 0 Å². The first-order valence-electron chi connectivity index (χ1n) is 9.34. The van der Waals surface area contributed by atoms with Crippen molar-refractivity contribution in [3.8, 4) is 0 Å². The average molecular weight is 368 g/mol. The lowest BCUT2D eigenvalue weighted by Crippen LogP contribution is -2.49. The monoisotopic (exact) mass is 368 g/mol. The van der Waals surface area contributed by atoms with Crippen molar-refractivity contribution in [2.24, 2.45) is 0 Å². The number of morpholine rings is 1. The van der Waals surface area contributed by atoms with Crippen molar-refractivity contribution in [2.45, 2.75) is 6.92 Å². The van der Waals surface area contributed by atoms with Crippen molar-refractivity contribution in [3.05, 3.63) is 42.0 Å². The van der Waals surface area contributed by atoms with Gasteiger partial charge >= 0.3 is 0 Å². The van der Waals surface area contributed by atoms with Gasteiger partial charge < -0.3 is 19.4 Å². The zero-order chi connectivity index (χ0) is 18.6. The molecular formula is C19H24N6O2. The molecule has 0 saturated carbocycles. The van der Waals surface area contributed by atoms with Gasteiger partial charge in [-0.2, -0.15) is 0 Å². The number of carbonyl (C=O) groups excluding carboxylic acids is 1. The van der Waals surface area contributed by atoms with Crippen LogP contribution < -0.4 is 9.80 Å². The van der Waals surface area contributed by atoms with Gasteiger partial charge in [-0.25, -0.2) is 15.0 Å². The Balaban J connectivity index is 1.44. The fraction of sp³-hybridized carbons (Fsp3) is 0.474. The third kappa shape index (κ3) is 4.00. The molecule has 2 aromatic rings. The molecule has 2 saturated heterocycles. The molecule has 2 fully saturated rings. The number of ether oxygens (including phenoxy) is 1. The topological polar surface area (TPSA) is 74.7 Å². The van der Waals surface area contributed by atoms with E-state index in [0.717, 1.165) is 37.8 Å². The Hall–Kier alpha value is -2.74. The Morgan fingerprint density at radius 2 is 1.70 bits per heavy atom. The summed E-state index contributed by atoms with van der Waals surface area (Å²) in [5.74, 6) is 2.35. The van der Waals surface area contributed by atoms with Gasteiger partial charge in [-0.15, -0.1) is 0 Å². The van der Waals surface area contributed by atoms with Crippen LogP contribution in [0.2, 0.25) is 0 Å². The normalized spacial score (nSPS) is 17.9. The molecule has 0 spiro atoms. The standard InChI is InChI=1S/C19H24N6O2/c1-15-21-16(14-18(22-15)24-10-12-27-13-11-24)19(26)25-8-6-23(7-9-25)17-4-2-3-5-20-17/h2-5,14H,6-13H2,1H3. The number of aryl methyl sites for hydroxylation is 1. The zero-order valence-electron chi connectivity index (χ0n) is 15.5. The second-order valence-corrected chi connectivity index (χ2v) is 6.73. The molecule has 1 amide bonds. The molecule has 0 unspecified atom stereocenters. The fourth-order valence-electron chi connectivity index (χ4n) is 3.46. The summed E-state index contributed by atoms with van der Waals surface area (Å²) >= 11 is 0. The largest absolute Gasteiger partial charge is 0.378 e. The number of hydrogen-bond donors (Lipinski definition) is 0. The van der Waals surface area contributed by atoms with E-state index in [4.69, 9.17) is 4.74 Å². The van der Waals surface area contributed by atoms with Crippen molar-refractivity contribution in [3.63, 3.8) is 0 Å². The van der Waals surface area contributed by atoms with Crippen molar-refractivity contribution in [1.29, 1.82) is 0 Å². The predicted molar refractivity (Wildman–Crippen MR) is 102 cm³/mol. The van der Waals surface area contributed by atoms with Crippen molar-refractivity contribution < 1.29 is 9.53 Å². The van der Waals surface area contributed by atoms with Gasteiger partial charge in [-0.3, -0.25) is 4.79 Å². The highest BCUT2D eigenvalue weighted by molar-refractivity contribution is 5.93. The number of hydrogen-bond acceptors (Lipinski definition) is 7. The van der Waals surface area contributed by atoms with Crippen molar-refractivity contribution >= 4 is 17.5 Å². The predicted octanol–water partition coefficient (Wildman–Crippen LogP) is 0.979. The Kier molecular flexibility index (Phi) is 5.15. The summed E-state index contributed by atoms with van der Waals surface area (Å²) in [6, 6.07) is 7.70. The Morgan fingerprint density at radius 3 is 2.41 bits per heavy atom. The summed E-state index contributed by atoms with van der Waals surface area (Å²) in [6.45, 7) is 7.62. The third-order valence-corrected chi connectivity index (χ3v) is 4.92. The average Bonchev–Trinajstić information content (AvgIpc) is 2.74. The van der Waals surface area contributed by atoms with Crippen LogP contribution in [-0.4, -0.2) is 78.2 Å². The van der Waals surface area contributed by atoms with Crippen LogP contribution in [0, 0.1) is 6.92 Å². The van der Waals surface area contributed by atoms with E-state index in [1.165, 1.54) is 0 Å². The van der Waals surface area contributed by atoms with Crippen LogP contribution in [0.3, 0.4) is 0 Å². The highest BCUT2D eigenvalue weighted by atomic mass is 16.5. The second-order valence-electron chi connectivity index (χ2n) is 6.73. The Morgan fingerprint density at radius 1 is 0.963 bits per heavy atom. The first kappa shape index (κ1) is 17.7. The molecule has 0 radical (unpaired) electrons. The smallest absolute Gasteiger partial charge is 0.272 e. The summed E-state index contributed by atoms with van der Waals surface area (Å²) in [5, 5.41) is 0. The van der Waals surface area contributed by atoms with E-state index in [1.807, 2.05) is 36.1 Å². The molecular weight excluding hydrogens is 344 g/mol. The quantitative estimate of drug-likeness (QED) is 0.799. The SMILES string of the molecule is Cc1nc(C(=O)N2CCN(c3ccccn3)CC2)cc(N2CCOCC2)n1. The molecule has 27 heavy (non-hydrogen) atoms. The number of rotatable bonds is 3. The van der Waals surface area contributed by atoms with E-state index in [9.17, 15) is 4.79 Å². The maximum Gasteiger partial charge on any atom is 0.272 e. The summed E-state index contributed by atoms with van der Waals surface area (Å²) < 4.78 is 5.40. The Labute approximate surface area is 158 Å². The number of carbonyl (C=O) groups is 1. The minimum absolute atomic E-state index is 0.0318. The number of aromatic nitrogens is 3. The van der Waals surface area contributed by atoms with Gasteiger partial charge in [0.05, 0.1) is 13.2 Å². The number of anilines is 2. The summed E-state index contributed by atoms with van der Waals surface area (Å²) in [5.41, 5.74) is 0.468. The van der Waals surface area contributed by atoms with Crippen LogP contribution in [0.15, 0.2) is 30.5 Å². The summed E-state index contributed by atoms with van der Waals surface area (Å²) in [4.78, 5) is 32.5. The van der Waals surface area contributed by atoms with E-state index in [-0.39, 0.29) is 5.91 Å². The lowest BCUT2D eigenvalue weighted by atomic mass is 10.2. The summed E-state index contributed by atoms with van der Waals surface area (Å²) in [7, 11) is 0. The first-order chi connectivity index (χ1) is 13.2. The number of nitrogens with zero attached hydrogens (tertiary/aromatic N) is 6. The van der Waals surface area contributed by atoms with E-state index in [0.29, 0.717) is 37.8 Å². The van der Waals surface area contributed by atoms with Crippen LogP contribution in [-0.2, 0) is 4.74 Å². The molecule has 8 nitrogen and oxygen atoms in total. The second kappa shape index (κ2) is 7.87. The lowest BCUT2D eigenvalue weighted by molar-refractivity contribution is 0.0740. The molecule has 142 valence electrons. The summed E-state index contributed by atoms with van der Waals surface area (Å²) in [6.07, 6.45) is 1.80. The van der Waals surface area contributed by atoms with Crippen LogP contribution in [0.4, 0.5) is 11.6 Å². The van der Waals surface area contributed by atoms with E-state index < -0.39 is 0 Å². The number of piperazine rings is 1. The Bertz CT molecular complexity index is 786. The van der Waals surface area contributed by atoms with Gasteiger partial charge in [0.1, 0.15) is 23.2 Å². The molecule has 0 aliphatic carbocycles. The third-order valence-electron chi connectivity index (χ3n) is 4.92. The molecule has 0 N–H and O–H groups in total. The highest BCUT2D eigenvalue weighted by Gasteiger charge is 2.25. The van der Waals surface area contributed by atoms with Gasteiger partial charge in [-0.05, 0) is 19.1 Å². The molecule has 2 aromatic heterocycles. The van der Waals surface area contributed by atoms with E-state index in [1.54, 1.807) is 6.20 Å². The molecule has 8 heteroatoms. The van der Waals surface area contributed by atoms with Gasteiger partial charge in [0.25, 0.3) is 5.91 Å². The van der Waals surface area contributed by atoms with E-state index >= 15 is 0 Å². The molecule has 2 aliphatic heterocycles. The highest BCUT2D eigenvalue weighted by Crippen LogP contribution is 2.18. The minimum atomic E-state index is -0.0318. The lowest BCUT2D eigenvalue weighted by Gasteiger charge is -2.35. The van der Waals surface area contributed by atoms with Crippen LogP contribution in [0.1, 0.15) is 16.3 Å². The number of amides is 1. The van der Waals surface area contributed by atoms with Crippen molar-refractivity contribution in [2.75, 3.05) is 62.3 Å². The molecule has 0 atom stereocenters. The van der Waals surface area contributed by atoms with E-state index in [2.05, 4.69) is 24.8 Å². The maximum atomic E-state index is 13.0. The molecule has 4 heterocycles. The first-order valence-corrected chi connectivity index (χ1v) is 9.34.